The summed E-state index contributed by atoms with van der Waals surface area (Å²) in [6.45, 7) is 0.156. The van der Waals surface area contributed by atoms with E-state index in [-0.39, 0.29) is 30.7 Å². The molecule has 4 rings (SSSR count). The molecular weight excluding hydrogens is 433 g/mol. The zero-order valence-corrected chi connectivity index (χ0v) is 18.0. The van der Waals surface area contributed by atoms with E-state index in [2.05, 4.69) is 5.10 Å². The Morgan fingerprint density at radius 1 is 1.03 bits per heavy atom. The van der Waals surface area contributed by atoms with Gasteiger partial charge in [0.1, 0.15) is 5.82 Å². The summed E-state index contributed by atoms with van der Waals surface area (Å²) in [4.78, 5) is 11.9. The second kappa shape index (κ2) is 8.09. The van der Waals surface area contributed by atoms with Gasteiger partial charge in [-0.15, -0.1) is 0 Å². The van der Waals surface area contributed by atoms with Crippen molar-refractivity contribution in [2.75, 3.05) is 13.1 Å². The molecule has 170 valence electrons. The molecule has 1 saturated heterocycles. The lowest BCUT2D eigenvalue weighted by atomic mass is 9.97. The molecular formula is C20H25F3N4O3S. The fraction of sp³-hybridized carbons (Fsp3) is 0.600. The molecule has 0 radical (unpaired) electrons. The minimum Gasteiger partial charge on any atom is -0.276 e. The van der Waals surface area contributed by atoms with Gasteiger partial charge in [-0.1, -0.05) is 25.0 Å². The van der Waals surface area contributed by atoms with Gasteiger partial charge in [-0.3, -0.25) is 4.57 Å². The fourth-order valence-electron chi connectivity index (χ4n) is 4.70. The van der Waals surface area contributed by atoms with Crippen molar-refractivity contribution in [1.29, 1.82) is 0 Å². The number of aryl methyl sites for hydroxylation is 1. The predicted octanol–water partition coefficient (Wildman–Crippen LogP) is 3.28. The Hall–Kier alpha value is -2.14. The molecule has 1 aliphatic carbocycles. The number of halogens is 3. The number of rotatable bonds is 4. The Balaban J connectivity index is 1.57. The first-order valence-corrected chi connectivity index (χ1v) is 11.9. The summed E-state index contributed by atoms with van der Waals surface area (Å²) < 4.78 is 70.1. The average molecular weight is 459 g/mol. The fourth-order valence-corrected chi connectivity index (χ4v) is 6.38. The summed E-state index contributed by atoms with van der Waals surface area (Å²) in [6, 6.07) is 4.37. The smallest absolute Gasteiger partial charge is 0.276 e. The topological polar surface area (TPSA) is 77.2 Å². The largest absolute Gasteiger partial charge is 0.417 e. The molecule has 1 aliphatic heterocycles. The molecule has 0 N–H and O–H groups in total. The first-order valence-electron chi connectivity index (χ1n) is 10.4. The summed E-state index contributed by atoms with van der Waals surface area (Å²) >= 11 is 0. The molecule has 2 aromatic rings. The number of nitrogens with zero attached hydrogens (tertiary/aromatic N) is 4. The Labute approximate surface area is 178 Å². The molecule has 1 saturated carbocycles. The van der Waals surface area contributed by atoms with Crippen molar-refractivity contribution in [3.63, 3.8) is 0 Å². The number of alkyl halides is 3. The number of aromatic nitrogens is 3. The molecule has 7 nitrogen and oxygen atoms in total. The Bertz CT molecular complexity index is 1110. The van der Waals surface area contributed by atoms with Crippen LogP contribution in [0.15, 0.2) is 34.0 Å². The van der Waals surface area contributed by atoms with Crippen LogP contribution in [0.4, 0.5) is 13.2 Å². The van der Waals surface area contributed by atoms with E-state index in [0.29, 0.717) is 18.7 Å². The van der Waals surface area contributed by atoms with Crippen LogP contribution in [0.25, 0.3) is 0 Å². The van der Waals surface area contributed by atoms with Gasteiger partial charge in [0.25, 0.3) is 0 Å². The molecule has 0 bridgehead atoms. The molecule has 31 heavy (non-hydrogen) atoms. The summed E-state index contributed by atoms with van der Waals surface area (Å²) in [5, 5.41) is 4.42. The van der Waals surface area contributed by atoms with Gasteiger partial charge in [-0.2, -0.15) is 22.6 Å². The lowest BCUT2D eigenvalue weighted by Crippen LogP contribution is -2.39. The maximum atomic E-state index is 13.3. The van der Waals surface area contributed by atoms with Crippen molar-refractivity contribution in [3.05, 3.63) is 46.1 Å². The lowest BCUT2D eigenvalue weighted by Gasteiger charge is -2.31. The van der Waals surface area contributed by atoms with Crippen LogP contribution in [0, 0.1) is 0 Å². The van der Waals surface area contributed by atoms with E-state index in [9.17, 15) is 26.4 Å². The molecule has 0 unspecified atom stereocenters. The minimum atomic E-state index is -4.76. The first kappa shape index (κ1) is 22.1. The minimum absolute atomic E-state index is 0.0780. The van der Waals surface area contributed by atoms with Crippen LogP contribution in [-0.2, 0) is 23.2 Å². The van der Waals surface area contributed by atoms with Gasteiger partial charge in [0.05, 0.1) is 10.5 Å². The third kappa shape index (κ3) is 4.05. The van der Waals surface area contributed by atoms with Gasteiger partial charge in [-0.05, 0) is 37.8 Å². The van der Waals surface area contributed by atoms with Crippen LogP contribution in [0.1, 0.15) is 61.9 Å². The molecule has 2 heterocycles. The van der Waals surface area contributed by atoms with E-state index in [1.54, 1.807) is 11.6 Å². The van der Waals surface area contributed by atoms with E-state index < -0.39 is 26.7 Å². The summed E-state index contributed by atoms with van der Waals surface area (Å²) in [7, 11) is -2.69. The second-order valence-electron chi connectivity index (χ2n) is 8.24. The number of hydrogen-bond donors (Lipinski definition) is 0. The number of piperidine rings is 1. The maximum Gasteiger partial charge on any atom is 0.417 e. The third-order valence-electron chi connectivity index (χ3n) is 6.30. The van der Waals surface area contributed by atoms with Crippen molar-refractivity contribution < 1.29 is 21.6 Å². The Morgan fingerprint density at radius 3 is 2.26 bits per heavy atom. The molecule has 0 spiro atoms. The van der Waals surface area contributed by atoms with Gasteiger partial charge in [-0.25, -0.2) is 17.9 Å². The van der Waals surface area contributed by atoms with E-state index in [4.69, 9.17) is 0 Å². The Kier molecular flexibility index (Phi) is 5.76. The zero-order valence-electron chi connectivity index (χ0n) is 17.2. The van der Waals surface area contributed by atoms with Crippen LogP contribution < -0.4 is 5.69 Å². The monoisotopic (exact) mass is 458 g/mol. The summed E-state index contributed by atoms with van der Waals surface area (Å²) in [5.41, 5.74) is -1.33. The molecule has 1 aromatic carbocycles. The van der Waals surface area contributed by atoms with Gasteiger partial charge < -0.3 is 0 Å². The number of benzene rings is 1. The van der Waals surface area contributed by atoms with Gasteiger partial charge in [0.2, 0.25) is 10.0 Å². The van der Waals surface area contributed by atoms with Gasteiger partial charge in [0.15, 0.2) is 0 Å². The number of sulfonamides is 1. The molecule has 2 aliphatic rings. The average Bonchev–Trinajstić information content (AvgIpc) is 3.36. The van der Waals surface area contributed by atoms with Crippen molar-refractivity contribution >= 4 is 10.0 Å². The second-order valence-corrected chi connectivity index (χ2v) is 10.2. The summed E-state index contributed by atoms with van der Waals surface area (Å²) in [5.74, 6) is 0.547. The molecule has 1 aromatic heterocycles. The Morgan fingerprint density at radius 2 is 1.65 bits per heavy atom. The molecule has 11 heteroatoms. The van der Waals surface area contributed by atoms with Crippen LogP contribution in [0.3, 0.4) is 0 Å². The van der Waals surface area contributed by atoms with Crippen LogP contribution in [-0.4, -0.2) is 40.2 Å². The quantitative estimate of drug-likeness (QED) is 0.705. The normalized spacial score (nSPS) is 19.9. The predicted molar refractivity (Wildman–Crippen MR) is 107 cm³/mol. The highest BCUT2D eigenvalue weighted by atomic mass is 32.2. The standard InChI is InChI=1S/C20H25F3N4O3S/c1-25-19(28)27(15-6-2-3-7-15)18(24-25)14-10-12-26(13-11-14)31(29,30)17-9-5-4-8-16(17)20(21,22)23/h4-5,8-9,14-15H,2-3,6-7,10-13H2,1H3. The van der Waals surface area contributed by atoms with Crippen molar-refractivity contribution in [1.82, 2.24) is 18.7 Å². The highest BCUT2D eigenvalue weighted by Gasteiger charge is 2.40. The van der Waals surface area contributed by atoms with Crippen LogP contribution in [0.5, 0.6) is 0 Å². The van der Waals surface area contributed by atoms with Crippen molar-refractivity contribution in [3.8, 4) is 0 Å². The SMILES string of the molecule is Cn1nc(C2CCN(S(=O)(=O)c3ccccc3C(F)(F)F)CC2)n(C2CCCC2)c1=O. The zero-order chi connectivity index (χ0) is 22.4. The molecule has 0 amide bonds. The molecule has 0 atom stereocenters. The molecule has 2 fully saturated rings. The van der Waals surface area contributed by atoms with Crippen molar-refractivity contribution in [2.24, 2.45) is 7.05 Å². The van der Waals surface area contributed by atoms with E-state index in [1.165, 1.54) is 16.8 Å². The van der Waals surface area contributed by atoms with E-state index >= 15 is 0 Å². The van der Waals surface area contributed by atoms with Crippen LogP contribution in [0.2, 0.25) is 0 Å². The maximum absolute atomic E-state index is 13.3. The number of hydrogen-bond acceptors (Lipinski definition) is 4. The highest BCUT2D eigenvalue weighted by Crippen LogP contribution is 2.38. The lowest BCUT2D eigenvalue weighted by molar-refractivity contribution is -0.139. The van der Waals surface area contributed by atoms with Gasteiger partial charge in [0, 0.05) is 32.1 Å². The summed E-state index contributed by atoms with van der Waals surface area (Å²) in [6.07, 6.45) is -0.0118. The third-order valence-corrected chi connectivity index (χ3v) is 8.26. The highest BCUT2D eigenvalue weighted by molar-refractivity contribution is 7.89. The van der Waals surface area contributed by atoms with Crippen molar-refractivity contribution in [2.45, 2.75) is 61.6 Å². The van der Waals surface area contributed by atoms with E-state index in [1.807, 2.05) is 0 Å². The van der Waals surface area contributed by atoms with Crippen LogP contribution >= 0.6 is 0 Å². The van der Waals surface area contributed by atoms with Gasteiger partial charge >= 0.3 is 11.9 Å². The van der Waals surface area contributed by atoms with E-state index in [0.717, 1.165) is 42.1 Å². The first-order chi connectivity index (χ1) is 14.6.